The Kier molecular flexibility index (Phi) is 4.59. The second kappa shape index (κ2) is 6.67. The molecule has 0 unspecified atom stereocenters. The largest absolute Gasteiger partial charge is 0.214 e. The van der Waals surface area contributed by atoms with Crippen LogP contribution in [0.1, 0.15) is 62.8 Å². The van der Waals surface area contributed by atoms with Crippen molar-refractivity contribution in [1.29, 1.82) is 0 Å². The molecule has 4 rings (SSSR count). The average Bonchev–Trinajstić information content (AvgIpc) is 3.04. The summed E-state index contributed by atoms with van der Waals surface area (Å²) in [6.45, 7) is 14.7. The summed E-state index contributed by atoms with van der Waals surface area (Å²) in [4.78, 5) is 3.11. The van der Waals surface area contributed by atoms with Crippen LogP contribution in [-0.2, 0) is 5.41 Å². The second-order valence-corrected chi connectivity index (χ2v) is 10.1. The molecule has 0 saturated carbocycles. The summed E-state index contributed by atoms with van der Waals surface area (Å²) < 4.78 is 0. The van der Waals surface area contributed by atoms with Gasteiger partial charge in [-0.3, -0.25) is 0 Å². The Balaban J connectivity index is 2.11. The highest BCUT2D eigenvalue weighted by molar-refractivity contribution is 7.15. The smallest absolute Gasteiger partial charge is 0.144 e. The maximum atomic E-state index is 2.41. The summed E-state index contributed by atoms with van der Waals surface area (Å²) in [5.41, 5.74) is 7.56. The van der Waals surface area contributed by atoms with Gasteiger partial charge in [-0.1, -0.05) is 113 Å². The third kappa shape index (κ3) is 2.81. The second-order valence-electron chi connectivity index (χ2n) is 9.04. The maximum absolute atomic E-state index is 2.41. The van der Waals surface area contributed by atoms with E-state index in [4.69, 9.17) is 0 Å². The molecule has 1 aromatic heterocycles. The van der Waals surface area contributed by atoms with Crippen LogP contribution in [0.2, 0.25) is 5.82 Å². The number of hydrogen-bond donors (Lipinski definition) is 0. The van der Waals surface area contributed by atoms with E-state index in [2.05, 4.69) is 107 Å². The van der Waals surface area contributed by atoms with E-state index in [1.807, 2.05) is 0 Å². The Hall–Kier alpha value is -1.80. The van der Waals surface area contributed by atoms with Crippen molar-refractivity contribution < 1.29 is 0 Å². The van der Waals surface area contributed by atoms with Crippen LogP contribution >= 0.6 is 11.3 Å². The molecule has 0 atom stereocenters. The zero-order chi connectivity index (χ0) is 19.3. The highest BCUT2D eigenvalue weighted by Gasteiger charge is 2.44. The molecule has 0 N–H and O–H groups in total. The van der Waals surface area contributed by atoms with E-state index in [0.717, 1.165) is 0 Å². The number of hydrogen-bond acceptors (Lipinski definition) is 1. The van der Waals surface area contributed by atoms with Gasteiger partial charge < -0.3 is 0 Å². The standard InChI is InChI=1S/C25H29BS/c1-16(2)23-21(18-12-8-7-9-13-18)22-24(27-23)25(5,6)19-14-10-11-15-20(19)26(22)17(3)4/h7-17H,1-6H3. The molecule has 0 aliphatic carbocycles. The molecule has 1 aliphatic rings. The molecular formula is C25H29BS. The van der Waals surface area contributed by atoms with Gasteiger partial charge in [0.25, 0.3) is 0 Å². The lowest BCUT2D eigenvalue weighted by atomic mass is 9.30. The first-order valence-electron chi connectivity index (χ1n) is 10.2. The van der Waals surface area contributed by atoms with E-state index in [9.17, 15) is 0 Å². The van der Waals surface area contributed by atoms with Crippen LogP contribution in [0.3, 0.4) is 0 Å². The van der Waals surface area contributed by atoms with Crippen LogP contribution in [0.5, 0.6) is 0 Å². The fourth-order valence-electron chi connectivity index (χ4n) is 4.84. The quantitative estimate of drug-likeness (QED) is 0.481. The van der Waals surface area contributed by atoms with Crippen molar-refractivity contribution in [2.45, 2.75) is 58.7 Å². The molecule has 0 amide bonds. The monoisotopic (exact) mass is 372 g/mol. The average molecular weight is 372 g/mol. The van der Waals surface area contributed by atoms with Gasteiger partial charge in [-0.25, -0.2) is 0 Å². The van der Waals surface area contributed by atoms with Crippen LogP contribution in [0, 0.1) is 0 Å². The normalized spacial score (nSPS) is 15.2. The van der Waals surface area contributed by atoms with Crippen molar-refractivity contribution in [1.82, 2.24) is 0 Å². The predicted molar refractivity (Wildman–Crippen MR) is 123 cm³/mol. The van der Waals surface area contributed by atoms with Crippen LogP contribution in [-0.4, -0.2) is 6.71 Å². The maximum Gasteiger partial charge on any atom is 0.214 e. The zero-order valence-electron chi connectivity index (χ0n) is 17.3. The Morgan fingerprint density at radius 1 is 0.852 bits per heavy atom. The van der Waals surface area contributed by atoms with Crippen molar-refractivity contribution in [3.05, 3.63) is 69.9 Å². The van der Waals surface area contributed by atoms with E-state index in [0.29, 0.717) is 18.4 Å². The van der Waals surface area contributed by atoms with Gasteiger partial charge in [-0.2, -0.15) is 0 Å². The lowest BCUT2D eigenvalue weighted by Crippen LogP contribution is -2.55. The van der Waals surface area contributed by atoms with Crippen LogP contribution in [0.4, 0.5) is 0 Å². The fourth-order valence-corrected chi connectivity index (χ4v) is 6.33. The summed E-state index contributed by atoms with van der Waals surface area (Å²) in [5.74, 6) is 1.10. The molecule has 0 spiro atoms. The topological polar surface area (TPSA) is 0 Å². The number of rotatable bonds is 3. The highest BCUT2D eigenvalue weighted by atomic mass is 32.1. The van der Waals surface area contributed by atoms with Gasteiger partial charge in [0, 0.05) is 15.2 Å². The lowest BCUT2D eigenvalue weighted by Gasteiger charge is -2.38. The molecule has 2 aromatic carbocycles. The third-order valence-corrected chi connectivity index (χ3v) is 7.90. The van der Waals surface area contributed by atoms with E-state index in [1.165, 1.54) is 27.0 Å². The molecule has 1 aliphatic heterocycles. The molecule has 138 valence electrons. The first-order chi connectivity index (χ1) is 12.8. The van der Waals surface area contributed by atoms with E-state index >= 15 is 0 Å². The fraction of sp³-hybridized carbons (Fsp3) is 0.360. The van der Waals surface area contributed by atoms with Gasteiger partial charge in [0.05, 0.1) is 0 Å². The number of fused-ring (bicyclic) bond motifs is 2. The molecule has 27 heavy (non-hydrogen) atoms. The molecule has 0 fully saturated rings. The Morgan fingerprint density at radius 3 is 2.11 bits per heavy atom. The summed E-state index contributed by atoms with van der Waals surface area (Å²) in [6, 6.07) is 20.2. The minimum Gasteiger partial charge on any atom is -0.144 e. The minimum absolute atomic E-state index is 0.0542. The Morgan fingerprint density at radius 2 is 1.48 bits per heavy atom. The molecule has 0 nitrogen and oxygen atoms in total. The van der Waals surface area contributed by atoms with Gasteiger partial charge in [-0.05, 0) is 22.6 Å². The SMILES string of the molecule is CC(C)B1c2ccccc2C(C)(C)c2sc(C(C)C)c(-c3ccccc3)c21. The van der Waals surface area contributed by atoms with Crippen molar-refractivity contribution in [3.63, 3.8) is 0 Å². The summed E-state index contributed by atoms with van der Waals surface area (Å²) in [6.07, 6.45) is 0. The van der Waals surface area contributed by atoms with Crippen LogP contribution in [0.15, 0.2) is 54.6 Å². The van der Waals surface area contributed by atoms with Gasteiger partial charge in [0.15, 0.2) is 0 Å². The number of benzene rings is 2. The Labute approximate surface area is 168 Å². The molecule has 0 saturated heterocycles. The molecule has 2 heteroatoms. The molecule has 0 radical (unpaired) electrons. The van der Waals surface area contributed by atoms with Crippen molar-refractivity contribution >= 4 is 29.0 Å². The summed E-state index contributed by atoms with van der Waals surface area (Å²) in [7, 11) is 0. The zero-order valence-corrected chi connectivity index (χ0v) is 18.2. The minimum atomic E-state index is 0.0542. The van der Waals surface area contributed by atoms with E-state index in [-0.39, 0.29) is 5.41 Å². The molecular weight excluding hydrogens is 343 g/mol. The first-order valence-corrected chi connectivity index (χ1v) is 11.0. The van der Waals surface area contributed by atoms with Crippen molar-refractivity contribution in [2.24, 2.45) is 0 Å². The Bertz CT molecular complexity index is 963. The van der Waals surface area contributed by atoms with Gasteiger partial charge >= 0.3 is 0 Å². The van der Waals surface area contributed by atoms with Gasteiger partial charge in [0.1, 0.15) is 0 Å². The third-order valence-electron chi connectivity index (χ3n) is 6.07. The van der Waals surface area contributed by atoms with E-state index < -0.39 is 0 Å². The highest BCUT2D eigenvalue weighted by Crippen LogP contribution is 2.45. The first kappa shape index (κ1) is 18.6. The molecule has 2 heterocycles. The van der Waals surface area contributed by atoms with Gasteiger partial charge in [0.2, 0.25) is 6.71 Å². The van der Waals surface area contributed by atoms with E-state index in [1.54, 1.807) is 10.3 Å². The van der Waals surface area contributed by atoms with Crippen LogP contribution < -0.4 is 10.9 Å². The van der Waals surface area contributed by atoms with Crippen LogP contribution in [0.25, 0.3) is 11.1 Å². The lowest BCUT2D eigenvalue weighted by molar-refractivity contribution is 0.659. The summed E-state index contributed by atoms with van der Waals surface area (Å²) in [5, 5.41) is 0. The molecule has 3 aromatic rings. The number of thiophene rings is 1. The van der Waals surface area contributed by atoms with Crippen molar-refractivity contribution in [3.8, 4) is 11.1 Å². The summed E-state index contributed by atoms with van der Waals surface area (Å²) >= 11 is 2.06. The molecule has 0 bridgehead atoms. The van der Waals surface area contributed by atoms with Gasteiger partial charge in [-0.15, -0.1) is 11.3 Å². The van der Waals surface area contributed by atoms with Crippen molar-refractivity contribution in [2.75, 3.05) is 0 Å². The predicted octanol–water partition coefficient (Wildman–Crippen LogP) is 6.20.